The highest BCUT2D eigenvalue weighted by atomic mass is 16.6. The standard InChI is InChI=1S/C39H40N4O4/c1-39(2,3)47-38(45)41-22-23-42(33(26-41)24-29-14-7-4-8-15-29)37(44)35-36(31-18-11-6-12-19-31)43(28-40-35)32-20-13-21-34(25-32)46-27-30-16-9-5-10-17-30/h4-21,25,28,33H,22-24,26-27H2,1-3H3/t33-/m1/s1. The molecule has 0 aliphatic carbocycles. The minimum atomic E-state index is -0.611. The normalized spacial score (nSPS) is 14.9. The van der Waals surface area contributed by atoms with Crippen molar-refractivity contribution in [2.45, 2.75) is 45.4 Å². The van der Waals surface area contributed by atoms with E-state index in [1.54, 1.807) is 11.2 Å². The van der Waals surface area contributed by atoms with Gasteiger partial charge in [-0.2, -0.15) is 0 Å². The summed E-state index contributed by atoms with van der Waals surface area (Å²) in [6, 6.07) is 37.5. The molecule has 0 N–H and O–H groups in total. The minimum Gasteiger partial charge on any atom is -0.489 e. The number of hydrogen-bond acceptors (Lipinski definition) is 5. The molecule has 1 saturated heterocycles. The molecule has 0 unspecified atom stereocenters. The van der Waals surface area contributed by atoms with Crippen molar-refractivity contribution in [1.82, 2.24) is 19.4 Å². The molecule has 1 atom stereocenters. The average Bonchev–Trinajstić information content (AvgIpc) is 3.53. The summed E-state index contributed by atoms with van der Waals surface area (Å²) < 4.78 is 13.8. The van der Waals surface area contributed by atoms with Gasteiger partial charge >= 0.3 is 6.09 Å². The monoisotopic (exact) mass is 628 g/mol. The summed E-state index contributed by atoms with van der Waals surface area (Å²) in [5, 5.41) is 0. The third-order valence-corrected chi connectivity index (χ3v) is 8.07. The predicted octanol–water partition coefficient (Wildman–Crippen LogP) is 7.42. The number of ether oxygens (including phenoxy) is 2. The van der Waals surface area contributed by atoms with E-state index in [1.807, 2.05) is 145 Å². The topological polar surface area (TPSA) is 76.9 Å². The largest absolute Gasteiger partial charge is 0.489 e. The van der Waals surface area contributed by atoms with Crippen LogP contribution in [0.25, 0.3) is 16.9 Å². The van der Waals surface area contributed by atoms with Gasteiger partial charge in [0.2, 0.25) is 0 Å². The first-order valence-electron chi connectivity index (χ1n) is 16.0. The molecule has 0 saturated carbocycles. The van der Waals surface area contributed by atoms with Crippen LogP contribution in [0.5, 0.6) is 5.75 Å². The van der Waals surface area contributed by atoms with Crippen molar-refractivity contribution in [2.24, 2.45) is 0 Å². The summed E-state index contributed by atoms with van der Waals surface area (Å²) in [4.78, 5) is 36.0. The number of hydrogen-bond donors (Lipinski definition) is 0. The smallest absolute Gasteiger partial charge is 0.410 e. The van der Waals surface area contributed by atoms with Crippen LogP contribution in [-0.2, 0) is 17.8 Å². The van der Waals surface area contributed by atoms with Gasteiger partial charge < -0.3 is 19.3 Å². The van der Waals surface area contributed by atoms with Crippen LogP contribution >= 0.6 is 0 Å². The second-order valence-corrected chi connectivity index (χ2v) is 12.7. The molecule has 1 aliphatic rings. The zero-order valence-electron chi connectivity index (χ0n) is 27.1. The van der Waals surface area contributed by atoms with Crippen LogP contribution in [-0.4, -0.2) is 62.6 Å². The van der Waals surface area contributed by atoms with E-state index in [2.05, 4.69) is 0 Å². The van der Waals surface area contributed by atoms with E-state index in [0.717, 1.165) is 22.4 Å². The van der Waals surface area contributed by atoms with E-state index in [1.165, 1.54) is 0 Å². The van der Waals surface area contributed by atoms with E-state index in [-0.39, 0.29) is 18.0 Å². The second kappa shape index (κ2) is 14.0. The van der Waals surface area contributed by atoms with Gasteiger partial charge in [-0.05, 0) is 50.5 Å². The Morgan fingerprint density at radius 1 is 0.809 bits per heavy atom. The number of nitrogens with zero attached hydrogens (tertiary/aromatic N) is 4. The molecular formula is C39H40N4O4. The summed E-state index contributed by atoms with van der Waals surface area (Å²) in [5.41, 5.74) is 4.31. The van der Waals surface area contributed by atoms with Gasteiger partial charge in [0.1, 0.15) is 24.3 Å². The third kappa shape index (κ3) is 7.72. The van der Waals surface area contributed by atoms with Crippen molar-refractivity contribution in [1.29, 1.82) is 0 Å². The van der Waals surface area contributed by atoms with Crippen LogP contribution in [0, 0.1) is 0 Å². The number of carbonyl (C=O) groups excluding carboxylic acids is 2. The van der Waals surface area contributed by atoms with E-state index < -0.39 is 5.60 Å². The molecule has 6 rings (SSSR count). The van der Waals surface area contributed by atoms with E-state index in [0.29, 0.717) is 49.8 Å². The first kappa shape index (κ1) is 31.6. The van der Waals surface area contributed by atoms with E-state index >= 15 is 0 Å². The molecular weight excluding hydrogens is 588 g/mol. The lowest BCUT2D eigenvalue weighted by Crippen LogP contribution is -2.58. The Labute approximate surface area is 276 Å². The molecule has 47 heavy (non-hydrogen) atoms. The molecule has 1 aliphatic heterocycles. The number of piperazine rings is 1. The summed E-state index contributed by atoms with van der Waals surface area (Å²) in [7, 11) is 0. The highest BCUT2D eigenvalue weighted by Gasteiger charge is 2.36. The Balaban J connectivity index is 1.32. The van der Waals surface area contributed by atoms with Gasteiger partial charge in [-0.3, -0.25) is 9.36 Å². The van der Waals surface area contributed by atoms with Gasteiger partial charge in [-0.15, -0.1) is 0 Å². The van der Waals surface area contributed by atoms with Gasteiger partial charge in [0.25, 0.3) is 5.91 Å². The molecule has 8 heteroatoms. The summed E-state index contributed by atoms with van der Waals surface area (Å²) in [6.45, 7) is 7.11. The second-order valence-electron chi connectivity index (χ2n) is 12.7. The maximum Gasteiger partial charge on any atom is 0.410 e. The van der Waals surface area contributed by atoms with Crippen LogP contribution < -0.4 is 4.74 Å². The average molecular weight is 629 g/mol. The van der Waals surface area contributed by atoms with Crippen molar-refractivity contribution >= 4 is 12.0 Å². The highest BCUT2D eigenvalue weighted by molar-refractivity contribution is 5.99. The van der Waals surface area contributed by atoms with Gasteiger partial charge in [-0.25, -0.2) is 9.78 Å². The fraction of sp³-hybridized carbons (Fsp3) is 0.256. The Morgan fingerprint density at radius 2 is 1.47 bits per heavy atom. The van der Waals surface area contributed by atoms with Crippen molar-refractivity contribution in [2.75, 3.05) is 19.6 Å². The zero-order valence-corrected chi connectivity index (χ0v) is 27.1. The van der Waals surface area contributed by atoms with Gasteiger partial charge in [0, 0.05) is 31.3 Å². The lowest BCUT2D eigenvalue weighted by Gasteiger charge is -2.41. The number of benzene rings is 4. The van der Waals surface area contributed by atoms with E-state index in [9.17, 15) is 9.59 Å². The third-order valence-electron chi connectivity index (χ3n) is 8.07. The predicted molar refractivity (Wildman–Crippen MR) is 183 cm³/mol. The summed E-state index contributed by atoms with van der Waals surface area (Å²) in [5.74, 6) is 0.539. The zero-order chi connectivity index (χ0) is 32.8. The first-order chi connectivity index (χ1) is 22.7. The molecule has 0 radical (unpaired) electrons. The number of rotatable bonds is 8. The minimum absolute atomic E-state index is 0.177. The molecule has 2 amide bonds. The molecule has 1 fully saturated rings. The molecule has 1 aromatic heterocycles. The number of carbonyl (C=O) groups is 2. The summed E-state index contributed by atoms with van der Waals surface area (Å²) >= 11 is 0. The van der Waals surface area contributed by atoms with Crippen molar-refractivity contribution in [3.05, 3.63) is 138 Å². The Bertz CT molecular complexity index is 1800. The molecule has 2 heterocycles. The quantitative estimate of drug-likeness (QED) is 0.179. The van der Waals surface area contributed by atoms with Crippen LogP contribution in [0.1, 0.15) is 42.4 Å². The van der Waals surface area contributed by atoms with E-state index in [4.69, 9.17) is 14.5 Å². The fourth-order valence-electron chi connectivity index (χ4n) is 5.85. The molecule has 5 aromatic rings. The molecule has 8 nitrogen and oxygen atoms in total. The fourth-order valence-corrected chi connectivity index (χ4v) is 5.85. The van der Waals surface area contributed by atoms with Crippen LogP contribution in [0.3, 0.4) is 0 Å². The highest BCUT2D eigenvalue weighted by Crippen LogP contribution is 2.30. The van der Waals surface area contributed by atoms with Crippen molar-refractivity contribution in [3.63, 3.8) is 0 Å². The van der Waals surface area contributed by atoms with Crippen molar-refractivity contribution < 1.29 is 19.1 Å². The van der Waals surface area contributed by atoms with Gasteiger partial charge in [-0.1, -0.05) is 97.1 Å². The Hall–Kier alpha value is -5.37. The van der Waals surface area contributed by atoms with Crippen LogP contribution in [0.2, 0.25) is 0 Å². The lowest BCUT2D eigenvalue weighted by atomic mass is 10.0. The first-order valence-corrected chi connectivity index (χ1v) is 16.0. The molecule has 240 valence electrons. The van der Waals surface area contributed by atoms with Crippen molar-refractivity contribution in [3.8, 4) is 22.7 Å². The summed E-state index contributed by atoms with van der Waals surface area (Å²) in [6.07, 6.45) is 1.93. The van der Waals surface area contributed by atoms with Gasteiger partial charge in [0.15, 0.2) is 5.69 Å². The maximum absolute atomic E-state index is 14.6. The van der Waals surface area contributed by atoms with Gasteiger partial charge in [0.05, 0.1) is 17.4 Å². The Kier molecular flexibility index (Phi) is 9.38. The molecule has 0 bridgehead atoms. The van der Waals surface area contributed by atoms with Crippen LogP contribution in [0.15, 0.2) is 122 Å². The number of amides is 2. The van der Waals surface area contributed by atoms with Crippen LogP contribution in [0.4, 0.5) is 4.79 Å². The molecule has 4 aromatic carbocycles. The SMILES string of the molecule is CC(C)(C)OC(=O)N1CCN(C(=O)c2ncn(-c3cccc(OCc4ccccc4)c3)c2-c2ccccc2)[C@H](Cc2ccccc2)C1. The maximum atomic E-state index is 14.6. The number of imidazole rings is 1. The lowest BCUT2D eigenvalue weighted by molar-refractivity contribution is 0.00429. The molecule has 0 spiro atoms. The number of aromatic nitrogens is 2. The Morgan fingerprint density at radius 3 is 2.15 bits per heavy atom.